The normalized spacial score (nSPS) is 24.0. The Labute approximate surface area is 218 Å². The largest absolute Gasteiger partial charge is 0.490 e. The SMILES string of the molecule is CN1C[C@@H](Nc2nc(N3CCC(Oc4ccc(C5=NCCO5)cc4)CC3)nc3c2S(=O)CC3)CCC1=O. The van der Waals surface area contributed by atoms with E-state index < -0.39 is 10.8 Å². The van der Waals surface area contributed by atoms with Gasteiger partial charge in [0.25, 0.3) is 0 Å². The second-order valence-corrected chi connectivity index (χ2v) is 11.5. The third-order valence-corrected chi connectivity index (χ3v) is 8.82. The predicted molar refractivity (Wildman–Crippen MR) is 141 cm³/mol. The van der Waals surface area contributed by atoms with Crippen LogP contribution in [0.3, 0.4) is 0 Å². The van der Waals surface area contributed by atoms with Gasteiger partial charge in [0.1, 0.15) is 29.2 Å². The first-order chi connectivity index (χ1) is 18.0. The molecular formula is C26H32N6O4S. The molecule has 2 saturated heterocycles. The molecule has 6 rings (SSSR count). The minimum Gasteiger partial charge on any atom is -0.490 e. The lowest BCUT2D eigenvalue weighted by atomic mass is 10.1. The molecule has 1 unspecified atom stereocenters. The number of nitrogens with one attached hydrogen (secondary N) is 1. The zero-order valence-electron chi connectivity index (χ0n) is 21.0. The van der Waals surface area contributed by atoms with Crippen LogP contribution in [0.25, 0.3) is 0 Å². The Hall–Kier alpha value is -3.21. The molecule has 2 aromatic rings. The van der Waals surface area contributed by atoms with Crippen molar-refractivity contribution in [1.82, 2.24) is 14.9 Å². The average Bonchev–Trinajstić information content (AvgIpc) is 3.58. The molecule has 4 aliphatic heterocycles. The molecule has 1 amide bonds. The van der Waals surface area contributed by atoms with E-state index in [1.807, 2.05) is 31.3 Å². The number of likely N-dealkylation sites (tertiary alicyclic amines) is 1. The van der Waals surface area contributed by atoms with E-state index in [1.54, 1.807) is 4.90 Å². The second-order valence-electron chi connectivity index (χ2n) is 9.97. The number of piperidine rings is 2. The van der Waals surface area contributed by atoms with E-state index in [-0.39, 0.29) is 18.1 Å². The summed E-state index contributed by atoms with van der Waals surface area (Å²) in [5.74, 6) is 3.64. The number of amides is 1. The summed E-state index contributed by atoms with van der Waals surface area (Å²) in [5, 5.41) is 3.50. The lowest BCUT2D eigenvalue weighted by Gasteiger charge is -2.33. The van der Waals surface area contributed by atoms with Gasteiger partial charge in [0.2, 0.25) is 17.8 Å². The van der Waals surface area contributed by atoms with E-state index in [0.717, 1.165) is 54.3 Å². The van der Waals surface area contributed by atoms with Crippen molar-refractivity contribution in [2.75, 3.05) is 55.8 Å². The van der Waals surface area contributed by atoms with E-state index in [9.17, 15) is 9.00 Å². The van der Waals surface area contributed by atoms with Gasteiger partial charge in [-0.3, -0.25) is 9.00 Å². The second kappa shape index (κ2) is 10.3. The van der Waals surface area contributed by atoms with Crippen molar-refractivity contribution < 1.29 is 18.5 Å². The van der Waals surface area contributed by atoms with Crippen LogP contribution >= 0.6 is 0 Å². The zero-order valence-corrected chi connectivity index (χ0v) is 21.8. The van der Waals surface area contributed by atoms with E-state index in [2.05, 4.69) is 15.2 Å². The lowest BCUT2D eigenvalue weighted by molar-refractivity contribution is -0.132. The van der Waals surface area contributed by atoms with Crippen molar-refractivity contribution in [1.29, 1.82) is 0 Å². The number of benzene rings is 1. The number of aromatic nitrogens is 2. The van der Waals surface area contributed by atoms with Gasteiger partial charge in [-0.05, 0) is 30.7 Å². The fourth-order valence-electron chi connectivity index (χ4n) is 5.30. The molecule has 0 radical (unpaired) electrons. The number of hydrogen-bond acceptors (Lipinski definition) is 9. The maximum Gasteiger partial charge on any atom is 0.227 e. The summed E-state index contributed by atoms with van der Waals surface area (Å²) in [5.41, 5.74) is 1.85. The molecule has 1 aromatic carbocycles. The minimum absolute atomic E-state index is 0.0879. The molecule has 2 atom stereocenters. The Balaban J connectivity index is 1.11. The van der Waals surface area contributed by atoms with Gasteiger partial charge in [-0.25, -0.2) is 9.98 Å². The highest BCUT2D eigenvalue weighted by molar-refractivity contribution is 7.85. The summed E-state index contributed by atoms with van der Waals surface area (Å²) in [6.45, 7) is 3.55. The summed E-state index contributed by atoms with van der Waals surface area (Å²) in [6, 6.07) is 8.02. The molecule has 37 heavy (non-hydrogen) atoms. The molecule has 1 aromatic heterocycles. The van der Waals surface area contributed by atoms with Gasteiger partial charge in [0.15, 0.2) is 0 Å². The van der Waals surface area contributed by atoms with Gasteiger partial charge in [-0.1, -0.05) is 0 Å². The van der Waals surface area contributed by atoms with Crippen LogP contribution in [-0.4, -0.2) is 88.6 Å². The van der Waals surface area contributed by atoms with E-state index in [0.29, 0.717) is 56.0 Å². The maximum atomic E-state index is 12.7. The third kappa shape index (κ3) is 5.14. The Kier molecular flexibility index (Phi) is 6.71. The number of fused-ring (bicyclic) bond motifs is 1. The Morgan fingerprint density at radius 2 is 1.92 bits per heavy atom. The number of likely N-dealkylation sites (N-methyl/N-ethyl adjacent to an activating group) is 1. The highest BCUT2D eigenvalue weighted by Crippen LogP contribution is 2.32. The highest BCUT2D eigenvalue weighted by atomic mass is 32.2. The molecule has 11 heteroatoms. The number of ether oxygens (including phenoxy) is 2. The van der Waals surface area contributed by atoms with E-state index in [1.165, 1.54) is 0 Å². The van der Waals surface area contributed by atoms with Crippen molar-refractivity contribution in [3.63, 3.8) is 0 Å². The average molecular weight is 525 g/mol. The van der Waals surface area contributed by atoms with Gasteiger partial charge in [-0.2, -0.15) is 4.98 Å². The summed E-state index contributed by atoms with van der Waals surface area (Å²) in [7, 11) is 0.727. The number of carbonyl (C=O) groups excluding carboxylic acids is 1. The molecule has 1 N–H and O–H groups in total. The topological polar surface area (TPSA) is 109 Å². The molecule has 0 aliphatic carbocycles. The fraction of sp³-hybridized carbons (Fsp3) is 0.538. The number of hydrogen-bond donors (Lipinski definition) is 1. The third-order valence-electron chi connectivity index (χ3n) is 7.36. The van der Waals surface area contributed by atoms with Crippen molar-refractivity contribution in [3.05, 3.63) is 35.5 Å². The van der Waals surface area contributed by atoms with Crippen LogP contribution in [0.15, 0.2) is 34.2 Å². The quantitative estimate of drug-likeness (QED) is 0.611. The molecule has 0 bridgehead atoms. The minimum atomic E-state index is -1.10. The Bertz CT molecular complexity index is 1230. The summed E-state index contributed by atoms with van der Waals surface area (Å²) in [4.78, 5) is 30.6. The van der Waals surface area contributed by atoms with E-state index >= 15 is 0 Å². The highest BCUT2D eigenvalue weighted by Gasteiger charge is 2.31. The molecule has 5 heterocycles. The van der Waals surface area contributed by atoms with Gasteiger partial charge < -0.3 is 24.6 Å². The molecule has 10 nitrogen and oxygen atoms in total. The van der Waals surface area contributed by atoms with E-state index in [4.69, 9.17) is 19.4 Å². The smallest absolute Gasteiger partial charge is 0.227 e. The first-order valence-electron chi connectivity index (χ1n) is 13.0. The first kappa shape index (κ1) is 24.1. The predicted octanol–water partition coefficient (Wildman–Crippen LogP) is 2.00. The Morgan fingerprint density at radius 3 is 2.65 bits per heavy atom. The molecule has 0 saturated carbocycles. The van der Waals surface area contributed by atoms with Crippen LogP contribution in [-0.2, 0) is 26.8 Å². The summed E-state index contributed by atoms with van der Waals surface area (Å²) in [6.07, 6.45) is 3.80. The van der Waals surface area contributed by atoms with Gasteiger partial charge in [-0.15, -0.1) is 0 Å². The van der Waals surface area contributed by atoms with Crippen LogP contribution in [0.5, 0.6) is 5.75 Å². The number of carbonyl (C=O) groups is 1. The number of aryl methyl sites for hydroxylation is 1. The number of rotatable bonds is 6. The molecule has 0 spiro atoms. The van der Waals surface area contributed by atoms with Gasteiger partial charge in [0.05, 0.1) is 23.0 Å². The first-order valence-corrected chi connectivity index (χ1v) is 14.3. The maximum absolute atomic E-state index is 12.7. The monoisotopic (exact) mass is 524 g/mol. The van der Waals surface area contributed by atoms with Crippen LogP contribution in [0, 0.1) is 0 Å². The van der Waals surface area contributed by atoms with Crippen LogP contribution in [0.4, 0.5) is 11.8 Å². The molecule has 196 valence electrons. The Morgan fingerprint density at radius 1 is 1.11 bits per heavy atom. The summed E-state index contributed by atoms with van der Waals surface area (Å²) < 4.78 is 24.5. The number of nitrogens with zero attached hydrogens (tertiary/aromatic N) is 5. The number of anilines is 2. The molecule has 2 fully saturated rings. The van der Waals surface area contributed by atoms with Gasteiger partial charge >= 0.3 is 0 Å². The van der Waals surface area contributed by atoms with Crippen molar-refractivity contribution >= 4 is 34.4 Å². The fourth-order valence-corrected chi connectivity index (χ4v) is 6.61. The molecule has 4 aliphatic rings. The standard InChI is InChI=1S/C26H32N6O4S/c1-31-16-18(4-7-22(31)33)28-24-23-21(10-15-37(23)34)29-26(30-24)32-12-8-20(9-13-32)36-19-5-2-17(3-6-19)25-27-11-14-35-25/h2-3,5-6,18,20H,4,7-16H2,1H3,(H,28,29,30)/t18-,37?/m0/s1. The van der Waals surface area contributed by atoms with Crippen LogP contribution < -0.4 is 15.0 Å². The van der Waals surface area contributed by atoms with Crippen molar-refractivity contribution in [2.24, 2.45) is 4.99 Å². The van der Waals surface area contributed by atoms with Crippen molar-refractivity contribution in [3.8, 4) is 5.75 Å². The van der Waals surface area contributed by atoms with Gasteiger partial charge in [0, 0.05) is 69.7 Å². The number of aliphatic imine (C=N–C) groups is 1. The van der Waals surface area contributed by atoms with Crippen LogP contribution in [0.1, 0.15) is 36.9 Å². The molecular weight excluding hydrogens is 492 g/mol. The summed E-state index contributed by atoms with van der Waals surface area (Å²) >= 11 is 0. The van der Waals surface area contributed by atoms with Crippen molar-refractivity contribution in [2.45, 2.75) is 49.1 Å². The zero-order chi connectivity index (χ0) is 25.4. The lowest BCUT2D eigenvalue weighted by Crippen LogP contribution is -2.43. The van der Waals surface area contributed by atoms with Crippen LogP contribution in [0.2, 0.25) is 0 Å².